The zero-order chi connectivity index (χ0) is 22.5. The summed E-state index contributed by atoms with van der Waals surface area (Å²) in [6.45, 7) is 4.71. The van der Waals surface area contributed by atoms with Crippen LogP contribution >= 0.6 is 11.8 Å². The summed E-state index contributed by atoms with van der Waals surface area (Å²) in [6, 6.07) is 15.7. The van der Waals surface area contributed by atoms with Crippen LogP contribution in [0.15, 0.2) is 53.5 Å². The van der Waals surface area contributed by atoms with Gasteiger partial charge in [-0.1, -0.05) is 66.9 Å². The molecule has 1 aliphatic heterocycles. The summed E-state index contributed by atoms with van der Waals surface area (Å²) in [4.78, 5) is 32.7. The van der Waals surface area contributed by atoms with Gasteiger partial charge >= 0.3 is 0 Å². The van der Waals surface area contributed by atoms with Crippen molar-refractivity contribution in [3.8, 4) is 0 Å². The lowest BCUT2D eigenvalue weighted by Crippen LogP contribution is -2.37. The van der Waals surface area contributed by atoms with Crippen molar-refractivity contribution in [3.63, 3.8) is 0 Å². The fourth-order valence-electron chi connectivity index (χ4n) is 4.46. The number of nitrogens with zero attached hydrogens (tertiary/aromatic N) is 2. The van der Waals surface area contributed by atoms with Gasteiger partial charge in [0, 0.05) is 18.7 Å². The second-order valence-electron chi connectivity index (χ2n) is 8.86. The van der Waals surface area contributed by atoms with E-state index in [2.05, 4.69) is 5.32 Å². The van der Waals surface area contributed by atoms with E-state index < -0.39 is 5.25 Å². The average Bonchev–Trinajstić information content (AvgIpc) is 3.06. The summed E-state index contributed by atoms with van der Waals surface area (Å²) in [6.07, 6.45) is 6.20. The standard InChI is InChI=1S/C26H31N3O2S/c1-18-13-14-22(19(2)15-18)28-24(30)16-23-25(31)29(17-20-9-5-3-6-10-20)26(32-23)27-21-11-7-4-8-12-21/h4,7-8,11-15,20,23H,3,5-6,9-10,16-17H2,1-2H3,(H,28,30)/t23-/m1/s1. The Labute approximate surface area is 194 Å². The number of amides is 2. The van der Waals surface area contributed by atoms with Gasteiger partial charge in [0.1, 0.15) is 5.25 Å². The van der Waals surface area contributed by atoms with Crippen molar-refractivity contribution in [2.75, 3.05) is 11.9 Å². The minimum absolute atomic E-state index is 0.00559. The highest BCUT2D eigenvalue weighted by molar-refractivity contribution is 8.15. The number of aryl methyl sites for hydroxylation is 2. The summed E-state index contributed by atoms with van der Waals surface area (Å²) in [5.41, 5.74) is 3.81. The Morgan fingerprint density at radius 2 is 1.84 bits per heavy atom. The van der Waals surface area contributed by atoms with Gasteiger partial charge in [0.2, 0.25) is 11.8 Å². The summed E-state index contributed by atoms with van der Waals surface area (Å²) < 4.78 is 0. The van der Waals surface area contributed by atoms with Crippen molar-refractivity contribution in [1.82, 2.24) is 4.90 Å². The smallest absolute Gasteiger partial charge is 0.242 e. The number of hydrogen-bond acceptors (Lipinski definition) is 4. The molecule has 1 N–H and O–H groups in total. The van der Waals surface area contributed by atoms with Crippen LogP contribution in [0.5, 0.6) is 0 Å². The zero-order valence-electron chi connectivity index (χ0n) is 18.8. The minimum Gasteiger partial charge on any atom is -0.326 e. The van der Waals surface area contributed by atoms with Crippen LogP contribution in [-0.2, 0) is 9.59 Å². The van der Waals surface area contributed by atoms with Gasteiger partial charge in [-0.25, -0.2) is 4.99 Å². The molecule has 2 aromatic carbocycles. The molecule has 2 aromatic rings. The maximum absolute atomic E-state index is 13.3. The Kier molecular flexibility index (Phi) is 7.30. The topological polar surface area (TPSA) is 61.8 Å². The van der Waals surface area contributed by atoms with Gasteiger partial charge in [-0.3, -0.25) is 14.5 Å². The predicted molar refractivity (Wildman–Crippen MR) is 132 cm³/mol. The normalized spacial score (nSPS) is 20.7. The van der Waals surface area contributed by atoms with Crippen molar-refractivity contribution in [2.24, 2.45) is 10.9 Å². The Morgan fingerprint density at radius 1 is 1.09 bits per heavy atom. The van der Waals surface area contributed by atoms with Gasteiger partial charge < -0.3 is 5.32 Å². The van der Waals surface area contributed by atoms with E-state index in [0.29, 0.717) is 12.5 Å². The van der Waals surface area contributed by atoms with Gasteiger partial charge in [-0.2, -0.15) is 0 Å². The minimum atomic E-state index is -0.438. The molecular weight excluding hydrogens is 418 g/mol. The first-order valence-electron chi connectivity index (χ1n) is 11.5. The summed E-state index contributed by atoms with van der Waals surface area (Å²) in [5.74, 6) is 0.379. The van der Waals surface area contributed by atoms with Crippen molar-refractivity contribution < 1.29 is 9.59 Å². The third-order valence-electron chi connectivity index (χ3n) is 6.19. The second kappa shape index (κ2) is 10.3. The number of rotatable bonds is 6. The number of benzene rings is 2. The monoisotopic (exact) mass is 449 g/mol. The summed E-state index contributed by atoms with van der Waals surface area (Å²) >= 11 is 1.42. The fourth-order valence-corrected chi connectivity index (χ4v) is 5.62. The van der Waals surface area contributed by atoms with Crippen molar-refractivity contribution in [2.45, 2.75) is 57.6 Å². The maximum atomic E-state index is 13.3. The number of aliphatic imine (C=N–C) groups is 1. The molecule has 168 valence electrons. The number of nitrogens with one attached hydrogen (secondary N) is 1. The van der Waals surface area contributed by atoms with Gasteiger partial charge in [-0.15, -0.1) is 0 Å². The van der Waals surface area contributed by atoms with Crippen LogP contribution in [0.3, 0.4) is 0 Å². The lowest BCUT2D eigenvalue weighted by atomic mass is 9.89. The van der Waals surface area contributed by atoms with Gasteiger partial charge in [0.05, 0.1) is 5.69 Å². The summed E-state index contributed by atoms with van der Waals surface area (Å²) in [5, 5.41) is 3.26. The van der Waals surface area contributed by atoms with Gasteiger partial charge in [-0.05, 0) is 56.4 Å². The lowest BCUT2D eigenvalue weighted by molar-refractivity contribution is -0.128. The molecule has 0 unspecified atom stereocenters. The van der Waals surface area contributed by atoms with E-state index in [1.165, 1.54) is 31.0 Å². The van der Waals surface area contributed by atoms with Gasteiger partial charge in [0.15, 0.2) is 5.17 Å². The molecule has 1 saturated heterocycles. The average molecular weight is 450 g/mol. The van der Waals surface area contributed by atoms with E-state index in [9.17, 15) is 9.59 Å². The molecule has 1 heterocycles. The Balaban J connectivity index is 1.49. The molecule has 1 saturated carbocycles. The Morgan fingerprint density at radius 3 is 2.56 bits per heavy atom. The van der Waals surface area contributed by atoms with Crippen LogP contribution in [0.1, 0.15) is 49.7 Å². The van der Waals surface area contributed by atoms with Gasteiger partial charge in [0.25, 0.3) is 0 Å². The quantitative estimate of drug-likeness (QED) is 0.602. The van der Waals surface area contributed by atoms with Crippen LogP contribution in [-0.4, -0.2) is 33.7 Å². The van der Waals surface area contributed by atoms with Crippen LogP contribution < -0.4 is 5.32 Å². The predicted octanol–water partition coefficient (Wildman–Crippen LogP) is 5.84. The molecule has 2 amide bonds. The third kappa shape index (κ3) is 5.60. The number of hydrogen-bond donors (Lipinski definition) is 1. The molecule has 1 atom stereocenters. The van der Waals surface area contributed by atoms with E-state index in [1.54, 1.807) is 0 Å². The molecule has 0 aromatic heterocycles. The molecule has 0 bridgehead atoms. The SMILES string of the molecule is Cc1ccc(NC(=O)C[C@H]2SC(=Nc3ccccc3)N(CC3CCCCC3)C2=O)c(C)c1. The molecule has 2 fully saturated rings. The number of carbonyl (C=O) groups is 2. The highest BCUT2D eigenvalue weighted by atomic mass is 32.2. The second-order valence-corrected chi connectivity index (χ2v) is 10.0. The molecule has 6 heteroatoms. The van der Waals surface area contributed by atoms with E-state index >= 15 is 0 Å². The number of carbonyl (C=O) groups excluding carboxylic acids is 2. The zero-order valence-corrected chi connectivity index (χ0v) is 19.7. The molecular formula is C26H31N3O2S. The molecule has 32 heavy (non-hydrogen) atoms. The maximum Gasteiger partial charge on any atom is 0.242 e. The van der Waals surface area contributed by atoms with Crippen molar-refractivity contribution in [1.29, 1.82) is 0 Å². The van der Waals surface area contributed by atoms with E-state index in [0.717, 1.165) is 40.5 Å². The number of thioether (sulfide) groups is 1. The molecule has 0 radical (unpaired) electrons. The molecule has 1 aliphatic carbocycles. The Bertz CT molecular complexity index is 999. The first kappa shape index (κ1) is 22.6. The molecule has 0 spiro atoms. The molecule has 5 nitrogen and oxygen atoms in total. The first-order chi connectivity index (χ1) is 15.5. The van der Waals surface area contributed by atoms with Crippen molar-refractivity contribution >= 4 is 40.1 Å². The third-order valence-corrected chi connectivity index (χ3v) is 7.37. The molecule has 4 rings (SSSR count). The number of para-hydroxylation sites is 1. The van der Waals surface area contributed by atoms with E-state index in [1.807, 2.05) is 67.3 Å². The highest BCUT2D eigenvalue weighted by Crippen LogP contribution is 2.34. The lowest BCUT2D eigenvalue weighted by Gasteiger charge is -2.26. The van der Waals surface area contributed by atoms with E-state index in [-0.39, 0.29) is 18.2 Å². The van der Waals surface area contributed by atoms with Crippen LogP contribution in [0.2, 0.25) is 0 Å². The largest absolute Gasteiger partial charge is 0.326 e. The highest BCUT2D eigenvalue weighted by Gasteiger charge is 2.40. The van der Waals surface area contributed by atoms with Crippen molar-refractivity contribution in [3.05, 3.63) is 59.7 Å². The van der Waals surface area contributed by atoms with E-state index in [4.69, 9.17) is 4.99 Å². The van der Waals surface area contributed by atoms with Crippen LogP contribution in [0.25, 0.3) is 0 Å². The first-order valence-corrected chi connectivity index (χ1v) is 12.4. The van der Waals surface area contributed by atoms with Crippen LogP contribution in [0.4, 0.5) is 11.4 Å². The van der Waals surface area contributed by atoms with Crippen LogP contribution in [0, 0.1) is 19.8 Å². The number of amidine groups is 1. The molecule has 2 aliphatic rings. The summed E-state index contributed by atoms with van der Waals surface area (Å²) in [7, 11) is 0. The Hall–Kier alpha value is -2.60. The fraction of sp³-hybridized carbons (Fsp3) is 0.423. The number of anilines is 1.